The van der Waals surface area contributed by atoms with Gasteiger partial charge < -0.3 is 18.9 Å². The van der Waals surface area contributed by atoms with Gasteiger partial charge in [-0.3, -0.25) is 9.59 Å². The number of hydrogen-bond donors (Lipinski definition) is 0. The molecule has 0 radical (unpaired) electrons. The normalized spacial score (nSPS) is 15.7. The molecule has 0 bridgehead atoms. The van der Waals surface area contributed by atoms with Gasteiger partial charge in [0, 0.05) is 12.8 Å². The van der Waals surface area contributed by atoms with E-state index in [0.717, 1.165) is 5.57 Å². The fourth-order valence-electron chi connectivity index (χ4n) is 2.72. The van der Waals surface area contributed by atoms with Crippen LogP contribution in [0.25, 0.3) is 0 Å². The molecule has 0 spiro atoms. The number of hydrogen-bond acceptors (Lipinski definition) is 6. The van der Waals surface area contributed by atoms with E-state index < -0.39 is 23.1 Å². The first-order valence-corrected chi connectivity index (χ1v) is 8.36. The average Bonchev–Trinajstić information content (AvgIpc) is 3.02. The summed E-state index contributed by atoms with van der Waals surface area (Å²) in [6.45, 7) is 6.79. The maximum Gasteiger partial charge on any atom is 0.324 e. The van der Waals surface area contributed by atoms with E-state index in [2.05, 4.69) is 11.8 Å². The Morgan fingerprint density at radius 1 is 1.16 bits per heavy atom. The molecule has 6 heteroatoms. The molecule has 1 heterocycles. The Balaban J connectivity index is 2.93. The summed E-state index contributed by atoms with van der Waals surface area (Å²) in [6.07, 6.45) is 3.11. The summed E-state index contributed by atoms with van der Waals surface area (Å²) in [5.41, 5.74) is -0.404. The fraction of sp³-hybridized carbons (Fsp3) is 0.684. The molecule has 1 aliphatic heterocycles. The van der Waals surface area contributed by atoms with E-state index in [1.54, 1.807) is 6.08 Å². The third-order valence-corrected chi connectivity index (χ3v) is 4.14. The van der Waals surface area contributed by atoms with Crippen molar-refractivity contribution >= 4 is 11.9 Å². The smallest absolute Gasteiger partial charge is 0.324 e. The fourth-order valence-corrected chi connectivity index (χ4v) is 2.72. The molecule has 0 saturated carbocycles. The first kappa shape index (κ1) is 21.2. The van der Waals surface area contributed by atoms with E-state index in [1.165, 1.54) is 14.2 Å². The summed E-state index contributed by atoms with van der Waals surface area (Å²) in [6, 6.07) is 0. The predicted molar refractivity (Wildman–Crippen MR) is 92.4 cm³/mol. The van der Waals surface area contributed by atoms with Gasteiger partial charge in [-0.05, 0) is 39.7 Å². The second kappa shape index (κ2) is 9.59. The van der Waals surface area contributed by atoms with E-state index in [9.17, 15) is 9.59 Å². The van der Waals surface area contributed by atoms with Crippen molar-refractivity contribution in [3.05, 3.63) is 11.6 Å². The minimum Gasteiger partial charge on any atom is -0.468 e. The van der Waals surface area contributed by atoms with Crippen LogP contribution in [-0.2, 0) is 28.5 Å². The minimum absolute atomic E-state index is 0.0363. The molecule has 6 nitrogen and oxygen atoms in total. The molecule has 0 amide bonds. The summed E-state index contributed by atoms with van der Waals surface area (Å²) in [5.74, 6) is 3.80. The second-order valence-electron chi connectivity index (χ2n) is 6.47. The van der Waals surface area contributed by atoms with Crippen LogP contribution in [0.3, 0.4) is 0 Å². The van der Waals surface area contributed by atoms with Crippen LogP contribution >= 0.6 is 0 Å². The number of methoxy groups -OCH3 is 2. The van der Waals surface area contributed by atoms with Crippen molar-refractivity contribution in [2.24, 2.45) is 5.41 Å². The van der Waals surface area contributed by atoms with Crippen LogP contribution in [0, 0.1) is 17.3 Å². The number of rotatable bonds is 7. The molecule has 1 rings (SSSR count). The number of esters is 2. The van der Waals surface area contributed by atoms with Gasteiger partial charge in [0.2, 0.25) is 0 Å². The SMILES string of the molecule is COC(=O)C(CC#CC=C(C)C)(CCCC1(C)OCCO1)C(=O)OC. The maximum atomic E-state index is 12.4. The molecule has 1 fully saturated rings. The van der Waals surface area contributed by atoms with Crippen molar-refractivity contribution < 1.29 is 28.5 Å². The van der Waals surface area contributed by atoms with E-state index in [-0.39, 0.29) is 12.8 Å². The molecule has 1 aliphatic rings. The third-order valence-electron chi connectivity index (χ3n) is 4.14. The third kappa shape index (κ3) is 5.87. The highest BCUT2D eigenvalue weighted by molar-refractivity contribution is 6.00. The van der Waals surface area contributed by atoms with E-state index in [1.807, 2.05) is 20.8 Å². The van der Waals surface area contributed by atoms with Crippen LogP contribution in [0.2, 0.25) is 0 Å². The van der Waals surface area contributed by atoms with Crippen LogP contribution in [-0.4, -0.2) is 45.2 Å². The number of ether oxygens (including phenoxy) is 4. The highest BCUT2D eigenvalue weighted by Gasteiger charge is 2.48. The number of carbonyl (C=O) groups excluding carboxylic acids is 2. The van der Waals surface area contributed by atoms with Gasteiger partial charge in [0.15, 0.2) is 11.2 Å². The van der Waals surface area contributed by atoms with Gasteiger partial charge in [-0.2, -0.15) is 0 Å². The minimum atomic E-state index is -1.44. The summed E-state index contributed by atoms with van der Waals surface area (Å²) in [4.78, 5) is 24.8. The van der Waals surface area contributed by atoms with Gasteiger partial charge in [0.25, 0.3) is 0 Å². The lowest BCUT2D eigenvalue weighted by atomic mass is 9.79. The standard InChI is InChI=1S/C19H28O6/c1-15(2)9-6-7-11-19(16(20)22-4,17(21)23-5)12-8-10-18(3)24-13-14-25-18/h9H,8,10-14H2,1-5H3. The van der Waals surface area contributed by atoms with E-state index in [4.69, 9.17) is 18.9 Å². The second-order valence-corrected chi connectivity index (χ2v) is 6.47. The highest BCUT2D eigenvalue weighted by atomic mass is 16.7. The van der Waals surface area contributed by atoms with Crippen molar-refractivity contribution in [1.82, 2.24) is 0 Å². The Hall–Kier alpha value is -1.84. The summed E-state index contributed by atoms with van der Waals surface area (Å²) in [5, 5.41) is 0. The van der Waals surface area contributed by atoms with Gasteiger partial charge in [-0.15, -0.1) is 0 Å². The molecule has 0 unspecified atom stereocenters. The Morgan fingerprint density at radius 3 is 2.20 bits per heavy atom. The molecule has 1 saturated heterocycles. The monoisotopic (exact) mass is 352 g/mol. The predicted octanol–water partition coefficient (Wildman–Crippen LogP) is 2.61. The molecule has 0 aliphatic carbocycles. The molecule has 0 aromatic heterocycles. The first-order valence-electron chi connectivity index (χ1n) is 8.36. The number of allylic oxidation sites excluding steroid dienone is 2. The lowest BCUT2D eigenvalue weighted by Crippen LogP contribution is -2.41. The van der Waals surface area contributed by atoms with E-state index >= 15 is 0 Å². The quantitative estimate of drug-likeness (QED) is 0.398. The Bertz CT molecular complexity index is 540. The van der Waals surface area contributed by atoms with Crippen molar-refractivity contribution in [3.8, 4) is 11.8 Å². The topological polar surface area (TPSA) is 71.1 Å². The maximum absolute atomic E-state index is 12.4. The average molecular weight is 352 g/mol. The number of carbonyl (C=O) groups is 2. The molecule has 140 valence electrons. The van der Waals surface area contributed by atoms with Crippen molar-refractivity contribution in [2.45, 2.75) is 52.2 Å². The van der Waals surface area contributed by atoms with Gasteiger partial charge in [0.1, 0.15) is 0 Å². The molecule has 0 atom stereocenters. The largest absolute Gasteiger partial charge is 0.468 e. The summed E-state index contributed by atoms with van der Waals surface area (Å²) >= 11 is 0. The first-order chi connectivity index (χ1) is 11.8. The van der Waals surface area contributed by atoms with Crippen LogP contribution < -0.4 is 0 Å². The van der Waals surface area contributed by atoms with Gasteiger partial charge in [-0.1, -0.05) is 17.4 Å². The molecule has 0 N–H and O–H groups in total. The Labute approximate surface area is 149 Å². The van der Waals surface area contributed by atoms with Crippen LogP contribution in [0.5, 0.6) is 0 Å². The zero-order valence-corrected chi connectivity index (χ0v) is 15.8. The van der Waals surface area contributed by atoms with Crippen LogP contribution in [0.1, 0.15) is 46.5 Å². The van der Waals surface area contributed by atoms with Crippen LogP contribution in [0.4, 0.5) is 0 Å². The van der Waals surface area contributed by atoms with Gasteiger partial charge in [0.05, 0.1) is 27.4 Å². The molecular formula is C19H28O6. The lowest BCUT2D eigenvalue weighted by Gasteiger charge is -2.28. The molecular weight excluding hydrogens is 324 g/mol. The molecule has 0 aromatic rings. The van der Waals surface area contributed by atoms with Gasteiger partial charge in [-0.25, -0.2) is 0 Å². The molecule has 0 aromatic carbocycles. The van der Waals surface area contributed by atoms with Crippen molar-refractivity contribution in [3.63, 3.8) is 0 Å². The summed E-state index contributed by atoms with van der Waals surface area (Å²) < 4.78 is 20.9. The zero-order valence-electron chi connectivity index (χ0n) is 15.8. The van der Waals surface area contributed by atoms with E-state index in [0.29, 0.717) is 26.1 Å². The zero-order chi connectivity index (χ0) is 18.9. The Morgan fingerprint density at radius 2 is 1.72 bits per heavy atom. The summed E-state index contributed by atoms with van der Waals surface area (Å²) in [7, 11) is 2.52. The lowest BCUT2D eigenvalue weighted by molar-refractivity contribution is -0.171. The van der Waals surface area contributed by atoms with Crippen molar-refractivity contribution in [1.29, 1.82) is 0 Å². The van der Waals surface area contributed by atoms with Crippen molar-refractivity contribution in [2.75, 3.05) is 27.4 Å². The molecule has 25 heavy (non-hydrogen) atoms. The van der Waals surface area contributed by atoms with Gasteiger partial charge >= 0.3 is 11.9 Å². The van der Waals surface area contributed by atoms with Crippen LogP contribution in [0.15, 0.2) is 11.6 Å². The Kier molecular flexibility index (Phi) is 8.14. The highest BCUT2D eigenvalue weighted by Crippen LogP contribution is 2.34.